The molecule has 1 aliphatic heterocycles. The number of para-hydroxylation sites is 1. The van der Waals surface area contributed by atoms with Gasteiger partial charge in [-0.1, -0.05) is 48.5 Å². The summed E-state index contributed by atoms with van der Waals surface area (Å²) in [6, 6.07) is 14.7. The zero-order valence-corrected chi connectivity index (χ0v) is 15.1. The first-order valence-corrected chi connectivity index (χ1v) is 8.60. The first kappa shape index (κ1) is 18.7. The molecule has 1 amide bonds. The summed E-state index contributed by atoms with van der Waals surface area (Å²) in [4.78, 5) is 26.7. The van der Waals surface area contributed by atoms with Crippen LogP contribution in [0.4, 0.5) is 0 Å². The van der Waals surface area contributed by atoms with E-state index in [9.17, 15) is 19.8 Å². The smallest absolute Gasteiger partial charge is 0.295 e. The number of ether oxygens (including phenoxy) is 1. The van der Waals surface area contributed by atoms with Gasteiger partial charge in [-0.25, -0.2) is 0 Å². The molecule has 2 N–H and O–H groups in total. The number of carbonyl (C=O) groups excluding carboxylic acids is 2. The summed E-state index contributed by atoms with van der Waals surface area (Å²) in [6.45, 7) is 1.49. The third kappa shape index (κ3) is 3.44. The Morgan fingerprint density at radius 3 is 2.37 bits per heavy atom. The van der Waals surface area contributed by atoms with Crippen molar-refractivity contribution in [1.82, 2.24) is 4.90 Å². The third-order valence-electron chi connectivity index (χ3n) is 4.48. The summed E-state index contributed by atoms with van der Waals surface area (Å²) in [6.07, 6.45) is -0.836. The Labute approximate surface area is 157 Å². The van der Waals surface area contributed by atoms with Gasteiger partial charge in [0.05, 0.1) is 24.8 Å². The molecule has 2 aromatic rings. The molecule has 0 spiro atoms. The number of nitrogens with zero attached hydrogens (tertiary/aromatic N) is 1. The Kier molecular flexibility index (Phi) is 5.28. The predicted molar refractivity (Wildman–Crippen MR) is 100 cm³/mol. The molecular formula is C21H21NO5. The van der Waals surface area contributed by atoms with E-state index >= 15 is 0 Å². The van der Waals surface area contributed by atoms with Crippen LogP contribution in [0.1, 0.15) is 24.1 Å². The number of aliphatic hydroxyl groups is 2. The Balaban J connectivity index is 2.23. The van der Waals surface area contributed by atoms with Gasteiger partial charge in [-0.2, -0.15) is 0 Å². The molecule has 0 bridgehead atoms. The van der Waals surface area contributed by atoms with Crippen molar-refractivity contribution in [3.63, 3.8) is 0 Å². The van der Waals surface area contributed by atoms with Gasteiger partial charge in [-0.3, -0.25) is 9.59 Å². The Morgan fingerprint density at radius 1 is 1.11 bits per heavy atom. The fourth-order valence-corrected chi connectivity index (χ4v) is 3.32. The van der Waals surface area contributed by atoms with Crippen LogP contribution in [-0.4, -0.2) is 46.6 Å². The lowest BCUT2D eigenvalue weighted by Gasteiger charge is -2.27. The van der Waals surface area contributed by atoms with Crippen LogP contribution in [0.25, 0.3) is 5.76 Å². The molecule has 0 radical (unpaired) electrons. The van der Waals surface area contributed by atoms with Gasteiger partial charge in [0.15, 0.2) is 0 Å². The number of ketones is 1. The van der Waals surface area contributed by atoms with Crippen molar-refractivity contribution in [3.05, 3.63) is 71.3 Å². The molecule has 0 aliphatic carbocycles. The standard InChI is InChI=1S/C21H21NO5/c1-13(23)12-22-18(15-10-6-7-11-16(15)27-2)17(20(25)21(22)26)19(24)14-8-4-3-5-9-14/h3-11,13,18,23-24H,12H2,1-2H3/t13-,18+/m1/s1. The fraction of sp³-hybridized carbons (Fsp3) is 0.238. The van der Waals surface area contributed by atoms with Gasteiger partial charge in [0, 0.05) is 17.7 Å². The fourth-order valence-electron chi connectivity index (χ4n) is 3.32. The Hall–Kier alpha value is -3.12. The van der Waals surface area contributed by atoms with Crippen molar-refractivity contribution >= 4 is 17.4 Å². The van der Waals surface area contributed by atoms with E-state index in [4.69, 9.17) is 4.74 Å². The van der Waals surface area contributed by atoms with Crippen LogP contribution in [0, 0.1) is 0 Å². The van der Waals surface area contributed by atoms with Crippen LogP contribution in [0.2, 0.25) is 0 Å². The molecule has 6 heteroatoms. The molecule has 2 aromatic carbocycles. The van der Waals surface area contributed by atoms with E-state index in [0.29, 0.717) is 16.9 Å². The molecule has 0 unspecified atom stereocenters. The SMILES string of the molecule is COc1ccccc1[C@H]1C(=C(O)c2ccccc2)C(=O)C(=O)N1C[C@@H](C)O. The Bertz CT molecular complexity index is 888. The normalized spacial score (nSPS) is 20.0. The molecular weight excluding hydrogens is 346 g/mol. The summed E-state index contributed by atoms with van der Waals surface area (Å²) in [5.41, 5.74) is 0.987. The number of amides is 1. The van der Waals surface area contributed by atoms with E-state index in [-0.39, 0.29) is 17.9 Å². The minimum atomic E-state index is -0.851. The maximum absolute atomic E-state index is 12.8. The lowest BCUT2D eigenvalue weighted by molar-refractivity contribution is -0.140. The molecule has 2 atom stereocenters. The average Bonchev–Trinajstić information content (AvgIpc) is 2.92. The van der Waals surface area contributed by atoms with Gasteiger partial charge in [0.1, 0.15) is 11.5 Å². The number of likely N-dealkylation sites (tertiary alicyclic amines) is 1. The summed E-state index contributed by atoms with van der Waals surface area (Å²) >= 11 is 0. The molecule has 1 aliphatic rings. The summed E-state index contributed by atoms with van der Waals surface area (Å²) in [7, 11) is 1.50. The first-order valence-electron chi connectivity index (χ1n) is 8.60. The van der Waals surface area contributed by atoms with Gasteiger partial charge in [-0.05, 0) is 13.0 Å². The highest BCUT2D eigenvalue weighted by molar-refractivity contribution is 6.46. The number of hydrogen-bond donors (Lipinski definition) is 2. The molecule has 0 saturated carbocycles. The minimum Gasteiger partial charge on any atom is -0.507 e. The molecule has 1 heterocycles. The van der Waals surface area contributed by atoms with E-state index in [1.165, 1.54) is 18.9 Å². The molecule has 1 saturated heterocycles. The minimum absolute atomic E-state index is 0.0173. The monoisotopic (exact) mass is 367 g/mol. The second-order valence-corrected chi connectivity index (χ2v) is 6.41. The van der Waals surface area contributed by atoms with Crippen LogP contribution in [0.15, 0.2) is 60.2 Å². The predicted octanol–water partition coefficient (Wildman–Crippen LogP) is 2.50. The highest BCUT2D eigenvalue weighted by Gasteiger charge is 2.47. The van der Waals surface area contributed by atoms with Gasteiger partial charge < -0.3 is 19.8 Å². The number of rotatable bonds is 5. The maximum Gasteiger partial charge on any atom is 0.295 e. The topological polar surface area (TPSA) is 87.1 Å². The number of β-amino-alcohol motifs (C(OH)–C–C–N with tert-alkyl or cyclic N) is 1. The van der Waals surface area contributed by atoms with E-state index in [0.717, 1.165) is 0 Å². The largest absolute Gasteiger partial charge is 0.507 e. The highest BCUT2D eigenvalue weighted by Crippen LogP contribution is 2.42. The highest BCUT2D eigenvalue weighted by atomic mass is 16.5. The summed E-state index contributed by atoms with van der Waals surface area (Å²) in [5, 5.41) is 20.7. The number of benzene rings is 2. The van der Waals surface area contributed by atoms with Gasteiger partial charge >= 0.3 is 0 Å². The van der Waals surface area contributed by atoms with E-state index in [2.05, 4.69) is 0 Å². The summed E-state index contributed by atoms with van der Waals surface area (Å²) < 4.78 is 5.40. The third-order valence-corrected chi connectivity index (χ3v) is 4.48. The van der Waals surface area contributed by atoms with Crippen LogP contribution in [0.5, 0.6) is 5.75 Å². The number of aliphatic hydroxyl groups excluding tert-OH is 2. The van der Waals surface area contributed by atoms with Gasteiger partial charge in [-0.15, -0.1) is 0 Å². The average molecular weight is 367 g/mol. The van der Waals surface area contributed by atoms with Gasteiger partial charge in [0.2, 0.25) is 0 Å². The van der Waals surface area contributed by atoms with Crippen LogP contribution >= 0.6 is 0 Å². The second kappa shape index (κ2) is 7.63. The number of hydrogen-bond acceptors (Lipinski definition) is 5. The van der Waals surface area contributed by atoms with E-state index < -0.39 is 23.8 Å². The van der Waals surface area contributed by atoms with E-state index in [1.54, 1.807) is 54.6 Å². The lowest BCUT2D eigenvalue weighted by atomic mass is 9.94. The Morgan fingerprint density at radius 2 is 1.74 bits per heavy atom. The number of carbonyl (C=O) groups is 2. The molecule has 3 rings (SSSR count). The van der Waals surface area contributed by atoms with Crippen molar-refractivity contribution in [2.24, 2.45) is 0 Å². The van der Waals surface area contributed by atoms with Crippen molar-refractivity contribution in [3.8, 4) is 5.75 Å². The molecule has 140 valence electrons. The number of methoxy groups -OCH3 is 1. The number of Topliss-reactive ketones (excluding diaryl/α,β-unsaturated/α-hetero) is 1. The molecule has 1 fully saturated rings. The van der Waals surface area contributed by atoms with Crippen molar-refractivity contribution in [2.45, 2.75) is 19.1 Å². The summed E-state index contributed by atoms with van der Waals surface area (Å²) in [5.74, 6) is -1.31. The van der Waals surface area contributed by atoms with Crippen LogP contribution < -0.4 is 4.74 Å². The zero-order valence-electron chi connectivity index (χ0n) is 15.1. The quantitative estimate of drug-likeness (QED) is 0.482. The lowest BCUT2D eigenvalue weighted by Crippen LogP contribution is -2.35. The second-order valence-electron chi connectivity index (χ2n) is 6.41. The maximum atomic E-state index is 12.8. The first-order chi connectivity index (χ1) is 13.0. The molecule has 0 aromatic heterocycles. The van der Waals surface area contributed by atoms with Crippen molar-refractivity contribution in [2.75, 3.05) is 13.7 Å². The van der Waals surface area contributed by atoms with Crippen molar-refractivity contribution in [1.29, 1.82) is 0 Å². The van der Waals surface area contributed by atoms with E-state index in [1.807, 2.05) is 0 Å². The van der Waals surface area contributed by atoms with Crippen LogP contribution in [0.3, 0.4) is 0 Å². The van der Waals surface area contributed by atoms with Crippen molar-refractivity contribution < 1.29 is 24.5 Å². The van der Waals surface area contributed by atoms with Crippen LogP contribution in [-0.2, 0) is 9.59 Å². The molecule has 27 heavy (non-hydrogen) atoms. The zero-order chi connectivity index (χ0) is 19.6. The van der Waals surface area contributed by atoms with Gasteiger partial charge in [0.25, 0.3) is 11.7 Å². The molecule has 6 nitrogen and oxygen atoms in total.